The molecule has 0 bridgehead atoms. The van der Waals surface area contributed by atoms with Gasteiger partial charge in [-0.3, -0.25) is 4.90 Å². The standard InChI is InChI=1S/C19H20N2O2S/c22-17(16-6-5-14-3-1-2-4-15(14)11-16)12-21-8-9-23-18(13-21)19-20-7-10-24-19/h1-7,10-11,17-18,22H,8-9,12-13H2/t17-,18+/m0/s1. The molecule has 0 radical (unpaired) electrons. The minimum Gasteiger partial charge on any atom is -0.387 e. The Balaban J connectivity index is 1.45. The fraction of sp³-hybridized carbons (Fsp3) is 0.316. The zero-order chi connectivity index (χ0) is 16.4. The van der Waals surface area contributed by atoms with E-state index in [0.717, 1.165) is 29.0 Å². The molecule has 0 saturated carbocycles. The maximum atomic E-state index is 10.7. The second-order valence-corrected chi connectivity index (χ2v) is 7.04. The molecule has 2 heterocycles. The minimum atomic E-state index is -0.496. The van der Waals surface area contributed by atoms with Crippen LogP contribution in [-0.4, -0.2) is 41.2 Å². The zero-order valence-corrected chi connectivity index (χ0v) is 14.2. The quantitative estimate of drug-likeness (QED) is 0.791. The Kier molecular flexibility index (Phi) is 4.58. The average Bonchev–Trinajstić information content (AvgIpc) is 3.16. The number of aliphatic hydroxyl groups excluding tert-OH is 1. The van der Waals surface area contributed by atoms with Crippen LogP contribution in [0.4, 0.5) is 0 Å². The van der Waals surface area contributed by atoms with E-state index in [0.29, 0.717) is 13.2 Å². The van der Waals surface area contributed by atoms with Gasteiger partial charge >= 0.3 is 0 Å². The van der Waals surface area contributed by atoms with Crippen molar-refractivity contribution in [2.45, 2.75) is 12.2 Å². The van der Waals surface area contributed by atoms with Gasteiger partial charge in [0.15, 0.2) is 0 Å². The summed E-state index contributed by atoms with van der Waals surface area (Å²) in [4.78, 5) is 6.61. The summed E-state index contributed by atoms with van der Waals surface area (Å²) in [7, 11) is 0. The maximum Gasteiger partial charge on any atom is 0.123 e. The lowest BCUT2D eigenvalue weighted by Gasteiger charge is -2.33. The van der Waals surface area contributed by atoms with Gasteiger partial charge in [-0.05, 0) is 22.4 Å². The highest BCUT2D eigenvalue weighted by Crippen LogP contribution is 2.26. The van der Waals surface area contributed by atoms with Crippen LogP contribution in [-0.2, 0) is 4.74 Å². The molecule has 1 aliphatic heterocycles. The van der Waals surface area contributed by atoms with E-state index < -0.39 is 6.10 Å². The van der Waals surface area contributed by atoms with Crippen molar-refractivity contribution in [3.8, 4) is 0 Å². The third kappa shape index (κ3) is 3.35. The van der Waals surface area contributed by atoms with Gasteiger partial charge in [0.05, 0.1) is 12.7 Å². The Morgan fingerprint density at radius 1 is 1.25 bits per heavy atom. The van der Waals surface area contributed by atoms with E-state index in [9.17, 15) is 5.11 Å². The normalized spacial score (nSPS) is 20.3. The Morgan fingerprint density at radius 3 is 2.96 bits per heavy atom. The molecule has 1 fully saturated rings. The summed E-state index contributed by atoms with van der Waals surface area (Å²) < 4.78 is 5.82. The summed E-state index contributed by atoms with van der Waals surface area (Å²) in [5.41, 5.74) is 0.964. The van der Waals surface area contributed by atoms with Crippen LogP contribution in [0.3, 0.4) is 0 Å². The number of hydrogen-bond acceptors (Lipinski definition) is 5. The first-order chi connectivity index (χ1) is 11.8. The van der Waals surface area contributed by atoms with Gasteiger partial charge in [-0.25, -0.2) is 4.98 Å². The molecule has 1 aliphatic rings. The van der Waals surface area contributed by atoms with Crippen molar-refractivity contribution in [3.05, 3.63) is 64.6 Å². The van der Waals surface area contributed by atoms with E-state index in [2.05, 4.69) is 34.1 Å². The van der Waals surface area contributed by atoms with E-state index >= 15 is 0 Å². The molecule has 1 N–H and O–H groups in total. The summed E-state index contributed by atoms with van der Waals surface area (Å²) in [6.07, 6.45) is 1.33. The van der Waals surface area contributed by atoms with E-state index in [-0.39, 0.29) is 6.10 Å². The number of β-amino-alcohol motifs (C(OH)–C–C–N with tert-alkyl or cyclic N) is 1. The molecule has 0 unspecified atom stereocenters. The molecule has 4 nitrogen and oxygen atoms in total. The number of thiazole rings is 1. The molecule has 124 valence electrons. The number of hydrogen-bond donors (Lipinski definition) is 1. The van der Waals surface area contributed by atoms with Gasteiger partial charge in [0, 0.05) is 31.2 Å². The van der Waals surface area contributed by atoms with Crippen LogP contribution >= 0.6 is 11.3 Å². The Hall–Kier alpha value is -1.79. The summed E-state index contributed by atoms with van der Waals surface area (Å²) >= 11 is 1.62. The molecule has 24 heavy (non-hydrogen) atoms. The van der Waals surface area contributed by atoms with Crippen molar-refractivity contribution >= 4 is 22.1 Å². The predicted molar refractivity (Wildman–Crippen MR) is 96.2 cm³/mol. The number of benzene rings is 2. The minimum absolute atomic E-state index is 0.0163. The second-order valence-electron chi connectivity index (χ2n) is 6.11. The number of ether oxygens (including phenoxy) is 1. The van der Waals surface area contributed by atoms with Crippen molar-refractivity contribution in [1.82, 2.24) is 9.88 Å². The van der Waals surface area contributed by atoms with Crippen LogP contribution in [0.2, 0.25) is 0 Å². The van der Waals surface area contributed by atoms with Gasteiger partial charge in [0.2, 0.25) is 0 Å². The summed E-state index contributed by atoms with van der Waals surface area (Å²) in [5, 5.41) is 16.0. The number of morpholine rings is 1. The highest BCUT2D eigenvalue weighted by Gasteiger charge is 2.25. The van der Waals surface area contributed by atoms with Gasteiger partial charge in [-0.1, -0.05) is 36.4 Å². The van der Waals surface area contributed by atoms with Crippen molar-refractivity contribution in [3.63, 3.8) is 0 Å². The first-order valence-electron chi connectivity index (χ1n) is 8.20. The molecule has 1 saturated heterocycles. The zero-order valence-electron chi connectivity index (χ0n) is 13.3. The van der Waals surface area contributed by atoms with Gasteiger partial charge in [-0.2, -0.15) is 0 Å². The lowest BCUT2D eigenvalue weighted by Crippen LogP contribution is -2.40. The summed E-state index contributed by atoms with van der Waals surface area (Å²) in [5.74, 6) is 0. The predicted octanol–water partition coefficient (Wildman–Crippen LogP) is 3.40. The van der Waals surface area contributed by atoms with E-state index in [4.69, 9.17) is 4.74 Å². The SMILES string of the molecule is O[C@@H](CN1CCO[C@@H](c2nccs2)C1)c1ccc2ccccc2c1. The summed E-state index contributed by atoms with van der Waals surface area (Å²) in [6, 6.07) is 14.4. The molecule has 2 atom stereocenters. The average molecular weight is 340 g/mol. The Labute approximate surface area is 145 Å². The second kappa shape index (κ2) is 6.99. The van der Waals surface area contributed by atoms with E-state index in [1.165, 1.54) is 5.39 Å². The van der Waals surface area contributed by atoms with Crippen molar-refractivity contribution in [2.75, 3.05) is 26.2 Å². The third-order valence-electron chi connectivity index (χ3n) is 4.47. The van der Waals surface area contributed by atoms with E-state index in [1.54, 1.807) is 11.3 Å². The van der Waals surface area contributed by atoms with Crippen molar-refractivity contribution in [2.24, 2.45) is 0 Å². The Bertz CT molecular complexity index is 806. The molecule has 0 aliphatic carbocycles. The fourth-order valence-corrected chi connectivity index (χ4v) is 3.85. The van der Waals surface area contributed by atoms with Gasteiger partial charge in [-0.15, -0.1) is 11.3 Å². The molecule has 0 amide bonds. The first-order valence-corrected chi connectivity index (χ1v) is 9.08. The van der Waals surface area contributed by atoms with Crippen molar-refractivity contribution < 1.29 is 9.84 Å². The lowest BCUT2D eigenvalue weighted by molar-refractivity contribution is -0.0424. The van der Waals surface area contributed by atoms with E-state index in [1.807, 2.05) is 29.8 Å². The third-order valence-corrected chi connectivity index (χ3v) is 5.33. The largest absolute Gasteiger partial charge is 0.387 e. The van der Waals surface area contributed by atoms with Crippen molar-refractivity contribution in [1.29, 1.82) is 0 Å². The van der Waals surface area contributed by atoms with Crippen LogP contribution in [0.25, 0.3) is 10.8 Å². The molecule has 4 rings (SSSR count). The van der Waals surface area contributed by atoms with Crippen LogP contribution in [0.5, 0.6) is 0 Å². The molecule has 3 aromatic rings. The van der Waals surface area contributed by atoms with Gasteiger partial charge in [0.1, 0.15) is 11.1 Å². The lowest BCUT2D eigenvalue weighted by atomic mass is 10.0. The van der Waals surface area contributed by atoms with Gasteiger partial charge < -0.3 is 9.84 Å². The molecule has 1 aromatic heterocycles. The maximum absolute atomic E-state index is 10.7. The highest BCUT2D eigenvalue weighted by molar-refractivity contribution is 7.09. The van der Waals surface area contributed by atoms with Crippen LogP contribution in [0.15, 0.2) is 54.0 Å². The number of fused-ring (bicyclic) bond motifs is 1. The number of nitrogens with zero attached hydrogens (tertiary/aromatic N) is 2. The highest BCUT2D eigenvalue weighted by atomic mass is 32.1. The first kappa shape index (κ1) is 15.7. The molecule has 5 heteroatoms. The number of aliphatic hydroxyl groups is 1. The van der Waals surface area contributed by atoms with Crippen LogP contribution in [0.1, 0.15) is 22.8 Å². The Morgan fingerprint density at radius 2 is 2.12 bits per heavy atom. The smallest absolute Gasteiger partial charge is 0.123 e. The number of rotatable bonds is 4. The summed E-state index contributed by atoms with van der Waals surface area (Å²) in [6.45, 7) is 2.91. The molecule has 0 spiro atoms. The molecular formula is C19H20N2O2S. The topological polar surface area (TPSA) is 45.6 Å². The van der Waals surface area contributed by atoms with Crippen LogP contribution in [0, 0.1) is 0 Å². The van der Waals surface area contributed by atoms with Gasteiger partial charge in [0.25, 0.3) is 0 Å². The fourth-order valence-electron chi connectivity index (χ4n) is 3.18. The number of aromatic nitrogens is 1. The molecular weight excluding hydrogens is 320 g/mol. The molecule has 2 aromatic carbocycles. The van der Waals surface area contributed by atoms with Crippen LogP contribution < -0.4 is 0 Å². The monoisotopic (exact) mass is 340 g/mol.